The van der Waals surface area contributed by atoms with Crippen LogP contribution in [0.5, 0.6) is 5.75 Å². The monoisotopic (exact) mass is 553 g/mol. The van der Waals surface area contributed by atoms with Crippen LogP contribution >= 0.6 is 39.9 Å². The van der Waals surface area contributed by atoms with Crippen LogP contribution < -0.4 is 21.1 Å². The molecule has 9 heteroatoms. The fourth-order valence-electron chi connectivity index (χ4n) is 3.00. The highest BCUT2D eigenvalue weighted by atomic mass is 127. The van der Waals surface area contributed by atoms with Gasteiger partial charge in [-0.25, -0.2) is 4.99 Å². The van der Waals surface area contributed by atoms with Gasteiger partial charge in [0.05, 0.1) is 20.2 Å². The molecule has 1 aromatic carbocycles. The molecule has 0 bridgehead atoms. The largest absolute Gasteiger partial charge is 0.496 e. The zero-order valence-electron chi connectivity index (χ0n) is 15.8. The second-order valence-electron chi connectivity index (χ2n) is 6.31. The number of primary amides is 1. The first-order chi connectivity index (χ1) is 12.5. The van der Waals surface area contributed by atoms with Gasteiger partial charge in [-0.15, -0.1) is 24.0 Å². The number of nitrogens with one attached hydrogen (secondary N) is 2. The zero-order valence-corrected chi connectivity index (χ0v) is 19.7. The third-order valence-electron chi connectivity index (χ3n) is 4.30. The third kappa shape index (κ3) is 8.22. The number of aliphatic imine (C=N–C) groups is 1. The van der Waals surface area contributed by atoms with Crippen LogP contribution in [0, 0.1) is 0 Å². The minimum absolute atomic E-state index is 0. The topological polar surface area (TPSA) is 92.0 Å². The second kappa shape index (κ2) is 12.4. The Labute approximate surface area is 186 Å². The lowest BCUT2D eigenvalue weighted by Crippen LogP contribution is -2.49. The molecule has 27 heavy (non-hydrogen) atoms. The number of ether oxygens (including phenoxy) is 1. The van der Waals surface area contributed by atoms with Gasteiger partial charge in [0.25, 0.3) is 0 Å². The maximum Gasteiger partial charge on any atom is 0.231 e. The molecule has 1 saturated heterocycles. The minimum Gasteiger partial charge on any atom is -0.496 e. The molecule has 0 saturated carbocycles. The molecule has 1 fully saturated rings. The van der Waals surface area contributed by atoms with Gasteiger partial charge < -0.3 is 21.1 Å². The molecule has 2 rings (SSSR count). The summed E-state index contributed by atoms with van der Waals surface area (Å²) in [7, 11) is 1.67. The first kappa shape index (κ1) is 24.0. The molecule has 1 aromatic rings. The van der Waals surface area contributed by atoms with Crippen LogP contribution in [-0.2, 0) is 11.3 Å². The Hall–Kier alpha value is -1.07. The number of hydrogen-bond acceptors (Lipinski definition) is 4. The SMILES string of the molecule is CCNC(=NCc1cc(Br)ccc1OC)NC1CCN(CC(N)=O)CC1.I. The van der Waals surface area contributed by atoms with E-state index in [9.17, 15) is 4.79 Å². The summed E-state index contributed by atoms with van der Waals surface area (Å²) >= 11 is 3.49. The van der Waals surface area contributed by atoms with Gasteiger partial charge in [-0.2, -0.15) is 0 Å². The molecule has 1 aliphatic heterocycles. The number of rotatable bonds is 7. The summed E-state index contributed by atoms with van der Waals surface area (Å²) in [5.41, 5.74) is 6.29. The lowest BCUT2D eigenvalue weighted by Gasteiger charge is -2.32. The van der Waals surface area contributed by atoms with Crippen LogP contribution in [0.25, 0.3) is 0 Å². The van der Waals surface area contributed by atoms with Gasteiger partial charge in [-0.3, -0.25) is 9.69 Å². The summed E-state index contributed by atoms with van der Waals surface area (Å²) in [5.74, 6) is 1.35. The van der Waals surface area contributed by atoms with Crippen molar-refractivity contribution in [2.24, 2.45) is 10.7 Å². The number of halogens is 2. The number of guanidine groups is 1. The van der Waals surface area contributed by atoms with E-state index in [-0.39, 0.29) is 29.9 Å². The minimum atomic E-state index is -0.269. The Bertz CT molecular complexity index is 636. The van der Waals surface area contributed by atoms with E-state index in [2.05, 4.69) is 31.5 Å². The predicted molar refractivity (Wildman–Crippen MR) is 123 cm³/mol. The number of likely N-dealkylation sites (tertiary alicyclic amines) is 1. The summed E-state index contributed by atoms with van der Waals surface area (Å²) in [6.45, 7) is 5.43. The fraction of sp³-hybridized carbons (Fsp3) is 0.556. The molecule has 4 N–H and O–H groups in total. The molecule has 0 aliphatic carbocycles. The Morgan fingerprint density at radius 3 is 2.70 bits per heavy atom. The number of nitrogens with two attached hydrogens (primary N) is 1. The van der Waals surface area contributed by atoms with E-state index < -0.39 is 0 Å². The van der Waals surface area contributed by atoms with E-state index in [0.29, 0.717) is 19.1 Å². The van der Waals surface area contributed by atoms with E-state index in [0.717, 1.165) is 54.2 Å². The number of hydrogen-bond donors (Lipinski definition) is 3. The summed E-state index contributed by atoms with van der Waals surface area (Å²) in [6.07, 6.45) is 1.91. The summed E-state index contributed by atoms with van der Waals surface area (Å²) in [6, 6.07) is 6.24. The molecule has 0 spiro atoms. The highest BCUT2D eigenvalue weighted by Crippen LogP contribution is 2.23. The smallest absolute Gasteiger partial charge is 0.231 e. The Kier molecular flexibility index (Phi) is 11.0. The van der Waals surface area contributed by atoms with Gasteiger partial charge in [0.15, 0.2) is 5.96 Å². The van der Waals surface area contributed by atoms with Gasteiger partial charge in [0.2, 0.25) is 5.91 Å². The molecule has 1 amide bonds. The number of benzene rings is 1. The van der Waals surface area contributed by atoms with E-state index in [1.807, 2.05) is 25.1 Å². The number of methoxy groups -OCH3 is 1. The van der Waals surface area contributed by atoms with Gasteiger partial charge >= 0.3 is 0 Å². The van der Waals surface area contributed by atoms with Crippen molar-refractivity contribution >= 4 is 51.8 Å². The molecular weight excluding hydrogens is 525 g/mol. The zero-order chi connectivity index (χ0) is 18.9. The Morgan fingerprint density at radius 1 is 1.41 bits per heavy atom. The van der Waals surface area contributed by atoms with E-state index in [1.165, 1.54) is 0 Å². The molecule has 0 unspecified atom stereocenters. The van der Waals surface area contributed by atoms with Crippen molar-refractivity contribution in [3.8, 4) is 5.75 Å². The van der Waals surface area contributed by atoms with Crippen LogP contribution in [-0.4, -0.2) is 56.1 Å². The molecule has 1 heterocycles. The molecular formula is C18H29BrIN5O2. The first-order valence-corrected chi connectivity index (χ1v) is 9.69. The maximum absolute atomic E-state index is 11.0. The number of nitrogens with zero attached hydrogens (tertiary/aromatic N) is 2. The normalized spacial score (nSPS) is 15.7. The van der Waals surface area contributed by atoms with Gasteiger partial charge in [0, 0.05) is 35.7 Å². The standard InChI is InChI=1S/C18H28BrN5O2.HI/c1-3-21-18(22-11-13-10-14(19)4-5-16(13)26-2)23-15-6-8-24(9-7-15)12-17(20)25;/h4-5,10,15H,3,6-9,11-12H2,1-2H3,(H2,20,25)(H2,21,22,23);1H. The molecule has 0 atom stereocenters. The summed E-state index contributed by atoms with van der Waals surface area (Å²) in [4.78, 5) is 17.8. The fourth-order valence-corrected chi connectivity index (χ4v) is 3.41. The number of piperidine rings is 1. The second-order valence-corrected chi connectivity index (χ2v) is 7.23. The molecule has 152 valence electrons. The van der Waals surface area contributed by atoms with E-state index in [4.69, 9.17) is 15.5 Å². The highest BCUT2D eigenvalue weighted by Gasteiger charge is 2.20. The van der Waals surface area contributed by atoms with Crippen molar-refractivity contribution in [1.82, 2.24) is 15.5 Å². The van der Waals surface area contributed by atoms with Gasteiger partial charge in [-0.1, -0.05) is 15.9 Å². The van der Waals surface area contributed by atoms with Crippen molar-refractivity contribution in [1.29, 1.82) is 0 Å². The molecule has 0 radical (unpaired) electrons. The van der Waals surface area contributed by atoms with Crippen molar-refractivity contribution in [3.63, 3.8) is 0 Å². The average Bonchev–Trinajstić information content (AvgIpc) is 2.61. The maximum atomic E-state index is 11.0. The van der Waals surface area contributed by atoms with Crippen molar-refractivity contribution in [2.75, 3.05) is 33.3 Å². The van der Waals surface area contributed by atoms with Crippen molar-refractivity contribution < 1.29 is 9.53 Å². The summed E-state index contributed by atoms with van der Waals surface area (Å²) in [5, 5.41) is 6.79. The number of carbonyl (C=O) groups excluding carboxylic acids is 1. The molecule has 7 nitrogen and oxygen atoms in total. The van der Waals surface area contributed by atoms with Crippen molar-refractivity contribution in [3.05, 3.63) is 28.2 Å². The lowest BCUT2D eigenvalue weighted by atomic mass is 10.1. The van der Waals surface area contributed by atoms with E-state index >= 15 is 0 Å². The Morgan fingerprint density at radius 2 is 2.11 bits per heavy atom. The van der Waals surface area contributed by atoms with E-state index in [1.54, 1.807) is 7.11 Å². The van der Waals surface area contributed by atoms with Crippen LogP contribution in [0.2, 0.25) is 0 Å². The predicted octanol–water partition coefficient (Wildman–Crippen LogP) is 2.08. The van der Waals surface area contributed by atoms with Crippen LogP contribution in [0.3, 0.4) is 0 Å². The third-order valence-corrected chi connectivity index (χ3v) is 4.80. The average molecular weight is 554 g/mol. The van der Waals surface area contributed by atoms with Gasteiger partial charge in [0.1, 0.15) is 5.75 Å². The van der Waals surface area contributed by atoms with Crippen LogP contribution in [0.4, 0.5) is 0 Å². The highest BCUT2D eigenvalue weighted by molar-refractivity contribution is 14.0. The van der Waals surface area contributed by atoms with Crippen LogP contribution in [0.15, 0.2) is 27.7 Å². The van der Waals surface area contributed by atoms with Gasteiger partial charge in [-0.05, 0) is 38.0 Å². The Balaban J connectivity index is 0.00000364. The first-order valence-electron chi connectivity index (χ1n) is 8.89. The number of amides is 1. The van der Waals surface area contributed by atoms with Crippen molar-refractivity contribution in [2.45, 2.75) is 32.4 Å². The molecule has 1 aliphatic rings. The number of carbonyl (C=O) groups is 1. The lowest BCUT2D eigenvalue weighted by molar-refractivity contribution is -0.119. The summed E-state index contributed by atoms with van der Waals surface area (Å²) < 4.78 is 6.41. The van der Waals surface area contributed by atoms with Crippen LogP contribution in [0.1, 0.15) is 25.3 Å². The quantitative estimate of drug-likeness (QED) is 0.273. The molecule has 0 aromatic heterocycles.